The SMILES string of the molecule is Cc1ccc(-n2c(SCC(=O)N3CCCc4ccccc43)nc3c(c2=O)SC(C)C3)cc1. The summed E-state index contributed by atoms with van der Waals surface area (Å²) in [4.78, 5) is 34.1. The number of aryl methyl sites for hydroxylation is 2. The van der Waals surface area contributed by atoms with E-state index in [1.54, 1.807) is 16.3 Å². The highest BCUT2D eigenvalue weighted by molar-refractivity contribution is 8.00. The van der Waals surface area contributed by atoms with E-state index in [1.807, 2.05) is 54.3 Å². The molecule has 1 atom stereocenters. The van der Waals surface area contributed by atoms with Crippen molar-refractivity contribution in [3.63, 3.8) is 0 Å². The quantitative estimate of drug-likeness (QED) is 0.416. The maximum absolute atomic E-state index is 13.4. The number of rotatable bonds is 4. The molecule has 2 aliphatic rings. The van der Waals surface area contributed by atoms with Gasteiger partial charge in [0.25, 0.3) is 5.56 Å². The Bertz CT molecular complexity index is 1240. The molecule has 3 heterocycles. The smallest absolute Gasteiger partial charge is 0.272 e. The van der Waals surface area contributed by atoms with E-state index in [2.05, 4.69) is 13.0 Å². The molecule has 0 saturated heterocycles. The number of benzene rings is 2. The Labute approximate surface area is 196 Å². The molecule has 1 unspecified atom stereocenters. The minimum Gasteiger partial charge on any atom is -0.311 e. The van der Waals surface area contributed by atoms with Gasteiger partial charge in [0.05, 0.1) is 22.0 Å². The van der Waals surface area contributed by atoms with E-state index in [9.17, 15) is 9.59 Å². The molecule has 5 nitrogen and oxygen atoms in total. The first-order valence-electron chi connectivity index (χ1n) is 10.9. The second-order valence-corrected chi connectivity index (χ2v) is 10.7. The average Bonchev–Trinajstić information content (AvgIpc) is 3.18. The van der Waals surface area contributed by atoms with Crippen LogP contribution in [0.1, 0.15) is 30.2 Å². The predicted octanol–water partition coefficient (Wildman–Crippen LogP) is 4.65. The molecule has 7 heteroatoms. The molecule has 0 aliphatic carbocycles. The molecule has 1 amide bonds. The zero-order valence-corrected chi connectivity index (χ0v) is 19.8. The molecule has 0 radical (unpaired) electrons. The van der Waals surface area contributed by atoms with E-state index < -0.39 is 0 Å². The van der Waals surface area contributed by atoms with Crippen LogP contribution in [-0.4, -0.2) is 33.0 Å². The Morgan fingerprint density at radius 2 is 1.97 bits per heavy atom. The minimum absolute atomic E-state index is 0.0357. The molecule has 2 aliphatic heterocycles. The average molecular weight is 464 g/mol. The summed E-state index contributed by atoms with van der Waals surface area (Å²) in [6.07, 6.45) is 2.75. The molecular formula is C25H25N3O2S2. The summed E-state index contributed by atoms with van der Waals surface area (Å²) in [5.41, 5.74) is 4.96. The first-order valence-corrected chi connectivity index (χ1v) is 12.8. The number of thioether (sulfide) groups is 2. The second kappa shape index (κ2) is 8.79. The number of carbonyl (C=O) groups excluding carboxylic acids is 1. The Balaban J connectivity index is 1.47. The van der Waals surface area contributed by atoms with E-state index in [0.717, 1.165) is 53.3 Å². The molecule has 0 N–H and O–H groups in total. The highest BCUT2D eigenvalue weighted by Crippen LogP contribution is 2.35. The number of aromatic nitrogens is 2. The van der Waals surface area contributed by atoms with Gasteiger partial charge in [-0.15, -0.1) is 11.8 Å². The van der Waals surface area contributed by atoms with Crippen LogP contribution in [0.25, 0.3) is 5.69 Å². The number of hydrogen-bond donors (Lipinski definition) is 0. The molecule has 3 aromatic rings. The lowest BCUT2D eigenvalue weighted by Gasteiger charge is -2.29. The number of amides is 1. The van der Waals surface area contributed by atoms with Crippen molar-refractivity contribution in [1.29, 1.82) is 0 Å². The lowest BCUT2D eigenvalue weighted by Crippen LogP contribution is -2.36. The molecule has 0 spiro atoms. The van der Waals surface area contributed by atoms with Gasteiger partial charge < -0.3 is 4.90 Å². The van der Waals surface area contributed by atoms with Crippen molar-refractivity contribution in [3.8, 4) is 5.69 Å². The normalized spacial score (nSPS) is 17.2. The van der Waals surface area contributed by atoms with Crippen LogP contribution in [0.3, 0.4) is 0 Å². The fourth-order valence-corrected chi connectivity index (χ4v) is 6.32. The molecule has 1 aromatic heterocycles. The Hall–Kier alpha value is -2.51. The fourth-order valence-electron chi connectivity index (χ4n) is 4.32. The standard InChI is InChI=1S/C25H25N3O2S2/c1-16-9-11-19(12-10-16)28-24(30)23-20(14-17(2)32-23)26-25(28)31-15-22(29)27-13-5-7-18-6-3-4-8-21(18)27/h3-4,6,8-12,17H,5,7,13-15H2,1-2H3. The summed E-state index contributed by atoms with van der Waals surface area (Å²) in [6.45, 7) is 4.87. The van der Waals surface area contributed by atoms with E-state index in [0.29, 0.717) is 10.4 Å². The van der Waals surface area contributed by atoms with Gasteiger partial charge in [-0.2, -0.15) is 0 Å². The van der Waals surface area contributed by atoms with Crippen molar-refractivity contribution in [2.75, 3.05) is 17.2 Å². The van der Waals surface area contributed by atoms with Crippen LogP contribution in [0, 0.1) is 6.92 Å². The van der Waals surface area contributed by atoms with Crippen molar-refractivity contribution in [2.24, 2.45) is 0 Å². The molecule has 164 valence electrons. The number of fused-ring (bicyclic) bond motifs is 2. The van der Waals surface area contributed by atoms with Crippen LogP contribution >= 0.6 is 23.5 Å². The molecular weight excluding hydrogens is 438 g/mol. The van der Waals surface area contributed by atoms with Crippen LogP contribution in [0.4, 0.5) is 5.69 Å². The number of anilines is 1. The molecule has 5 rings (SSSR count). The molecule has 0 bridgehead atoms. The summed E-state index contributed by atoms with van der Waals surface area (Å²) >= 11 is 2.95. The van der Waals surface area contributed by atoms with E-state index in [-0.39, 0.29) is 17.2 Å². The zero-order valence-electron chi connectivity index (χ0n) is 18.2. The lowest BCUT2D eigenvalue weighted by molar-refractivity contribution is -0.116. The van der Waals surface area contributed by atoms with Crippen molar-refractivity contribution in [2.45, 2.75) is 48.4 Å². The summed E-state index contributed by atoms with van der Waals surface area (Å²) in [6, 6.07) is 16.0. The molecule has 0 fully saturated rings. The summed E-state index contributed by atoms with van der Waals surface area (Å²) in [7, 11) is 0. The van der Waals surface area contributed by atoms with Gasteiger partial charge in [0.1, 0.15) is 0 Å². The summed E-state index contributed by atoms with van der Waals surface area (Å²) in [5.74, 6) is 0.295. The topological polar surface area (TPSA) is 55.2 Å². The predicted molar refractivity (Wildman–Crippen MR) is 131 cm³/mol. The second-order valence-electron chi connectivity index (χ2n) is 8.35. The third-order valence-corrected chi connectivity index (χ3v) is 8.05. The van der Waals surface area contributed by atoms with Crippen LogP contribution in [0.15, 0.2) is 63.4 Å². The van der Waals surface area contributed by atoms with E-state index in [1.165, 1.54) is 17.3 Å². The minimum atomic E-state index is -0.0357. The van der Waals surface area contributed by atoms with Gasteiger partial charge in [0.2, 0.25) is 5.91 Å². The maximum atomic E-state index is 13.4. The van der Waals surface area contributed by atoms with Crippen LogP contribution in [0.5, 0.6) is 0 Å². The van der Waals surface area contributed by atoms with E-state index >= 15 is 0 Å². The van der Waals surface area contributed by atoms with Crippen molar-refractivity contribution in [3.05, 3.63) is 75.7 Å². The third kappa shape index (κ3) is 3.99. The Kier molecular flexibility index (Phi) is 5.86. The number of carbonyl (C=O) groups is 1. The Morgan fingerprint density at radius 1 is 1.19 bits per heavy atom. The molecule has 0 saturated carbocycles. The number of para-hydroxylation sites is 1. The largest absolute Gasteiger partial charge is 0.311 e. The third-order valence-electron chi connectivity index (χ3n) is 5.91. The van der Waals surface area contributed by atoms with Gasteiger partial charge in [0, 0.05) is 23.9 Å². The molecule has 32 heavy (non-hydrogen) atoms. The van der Waals surface area contributed by atoms with Crippen LogP contribution in [0.2, 0.25) is 0 Å². The van der Waals surface area contributed by atoms with Gasteiger partial charge in [-0.25, -0.2) is 4.98 Å². The highest BCUT2D eigenvalue weighted by atomic mass is 32.2. The lowest BCUT2D eigenvalue weighted by atomic mass is 10.0. The molecule has 2 aromatic carbocycles. The fraction of sp³-hybridized carbons (Fsp3) is 0.320. The first kappa shape index (κ1) is 21.3. The maximum Gasteiger partial charge on any atom is 0.272 e. The van der Waals surface area contributed by atoms with Gasteiger partial charge >= 0.3 is 0 Å². The van der Waals surface area contributed by atoms with Gasteiger partial charge in [-0.1, -0.05) is 54.6 Å². The zero-order chi connectivity index (χ0) is 22.2. The number of hydrogen-bond acceptors (Lipinski definition) is 5. The Morgan fingerprint density at radius 3 is 2.78 bits per heavy atom. The van der Waals surface area contributed by atoms with Crippen molar-refractivity contribution >= 4 is 35.1 Å². The van der Waals surface area contributed by atoms with Gasteiger partial charge in [-0.3, -0.25) is 14.2 Å². The van der Waals surface area contributed by atoms with Crippen molar-refractivity contribution < 1.29 is 4.79 Å². The number of nitrogens with zero attached hydrogens (tertiary/aromatic N) is 3. The first-order chi connectivity index (χ1) is 15.5. The van der Waals surface area contributed by atoms with Crippen LogP contribution in [-0.2, 0) is 17.6 Å². The highest BCUT2D eigenvalue weighted by Gasteiger charge is 2.28. The summed E-state index contributed by atoms with van der Waals surface area (Å²) < 4.78 is 1.67. The van der Waals surface area contributed by atoms with Crippen molar-refractivity contribution in [1.82, 2.24) is 9.55 Å². The van der Waals surface area contributed by atoms with E-state index in [4.69, 9.17) is 4.98 Å². The summed E-state index contributed by atoms with van der Waals surface area (Å²) in [5, 5.41) is 0.925. The van der Waals surface area contributed by atoms with Crippen LogP contribution < -0.4 is 10.5 Å². The van der Waals surface area contributed by atoms with Gasteiger partial charge in [0.15, 0.2) is 5.16 Å². The monoisotopic (exact) mass is 463 g/mol. The van der Waals surface area contributed by atoms with Gasteiger partial charge in [-0.05, 0) is 43.5 Å².